The largest absolute Gasteiger partial charge is 0.354 e. The fourth-order valence-electron chi connectivity index (χ4n) is 24.1. The SMILES string of the molecule is CCCCN(c1nc(CCCCC(CCCCc2nc(N(CCCC)C3CC(C)(C)N(C)C(C)(C)C3)nc(N(CCCC)C3CC(C)(C)N(C)C(C)(C)C3)n2)CNc2nc(N(CCCC)C3CC(C)(C)N(C)C(C)(C)C3)nc(N(CCCC)C3CC(C)(C)N(C)C(C)(C)C3)n2)nc(N(CCCC)C2CC(C)(C)N(C)C(C)(C)C2)n1)C1CC(C)(C)N(C)C(C)(C)C1. The monoisotopic (exact) mass is 1740 g/mol. The zero-order valence-electron chi connectivity index (χ0n) is 88.0. The van der Waals surface area contributed by atoms with E-state index in [0.717, 1.165) is 299 Å². The summed E-state index contributed by atoms with van der Waals surface area (Å²) in [7, 11) is 14.0. The van der Waals surface area contributed by atoms with E-state index >= 15 is 0 Å². The Bertz CT molecular complexity index is 3350. The van der Waals surface area contributed by atoms with Gasteiger partial charge in [0.1, 0.15) is 11.6 Å². The number of rotatable bonds is 43. The Labute approximate surface area is 767 Å². The van der Waals surface area contributed by atoms with Gasteiger partial charge in [0.15, 0.2) is 0 Å². The summed E-state index contributed by atoms with van der Waals surface area (Å²) in [6.07, 6.45) is 33.1. The average Bonchev–Trinajstić information content (AvgIpc) is 0.741. The van der Waals surface area contributed by atoms with Crippen molar-refractivity contribution < 1.29 is 0 Å². The molecule has 0 bridgehead atoms. The van der Waals surface area contributed by atoms with Crippen molar-refractivity contribution in [3.8, 4) is 0 Å². The van der Waals surface area contributed by atoms with E-state index < -0.39 is 0 Å². The highest BCUT2D eigenvalue weighted by Crippen LogP contribution is 2.48. The zero-order chi connectivity index (χ0) is 92.8. The van der Waals surface area contributed by atoms with Crippen LogP contribution in [-0.4, -0.2) is 265 Å². The molecule has 0 aromatic carbocycles. The number of aryl methyl sites for hydroxylation is 2. The second-order valence-electron chi connectivity index (χ2n) is 48.5. The first kappa shape index (κ1) is 104. The van der Waals surface area contributed by atoms with Crippen LogP contribution in [0, 0.1) is 5.92 Å². The average molecular weight is 1740 g/mol. The van der Waals surface area contributed by atoms with Crippen LogP contribution in [0.3, 0.4) is 0 Å². The summed E-state index contributed by atoms with van der Waals surface area (Å²) in [5, 5.41) is 4.15. The van der Waals surface area contributed by atoms with Crippen LogP contribution in [-0.2, 0) is 12.8 Å². The molecule has 6 fully saturated rings. The normalized spacial score (nSPS) is 23.2. The van der Waals surface area contributed by atoms with Crippen LogP contribution in [0.5, 0.6) is 0 Å². The summed E-state index contributed by atoms with van der Waals surface area (Å²) in [6, 6.07) is 1.63. The van der Waals surface area contributed by atoms with E-state index in [4.69, 9.17) is 44.9 Å². The molecule has 0 saturated carbocycles. The van der Waals surface area contributed by atoms with E-state index in [1.54, 1.807) is 0 Å². The topological polar surface area (TPSA) is 167 Å². The molecule has 1 N–H and O–H groups in total. The van der Waals surface area contributed by atoms with Gasteiger partial charge in [0, 0.05) is 161 Å². The Morgan fingerprint density at radius 1 is 0.248 bits per heavy atom. The standard InChI is InChI=1S/C103H194N22/c1-37-43-57-120(77-63-92(7,8)114(31)93(9,10)64-77)86-105-83(106-87(111-86)121(58-44-38-2)78-65-94(11,12)115(32)95(13,14)66-78)55-51-49-53-76(75-104-85-109-90(124(61-47-41-5)81-71-100(23,24)118(35)101(25,26)72-81)113-91(110-85)125(62-48-42-6)82-73-102(27,28)119(36)103(29,30)74-82)54-50-52-56-84-107-88(122(59-45-39-3)79-67-96(15,16)116(33)97(17,18)68-79)112-89(108-84)123(60-46-40-4)80-69-98(19,20)117(34)99(21,22)70-80/h76-82H,37-75H2,1-36H3,(H,104,109,110,113). The van der Waals surface area contributed by atoms with Crippen molar-refractivity contribution in [3.05, 3.63) is 11.6 Å². The molecule has 6 aliphatic rings. The quantitative estimate of drug-likeness (QED) is 0.0531. The lowest BCUT2D eigenvalue weighted by Gasteiger charge is -2.56. The number of likely N-dealkylation sites (tertiary alicyclic amines) is 6. The number of anilines is 7. The molecule has 9 heterocycles. The maximum absolute atomic E-state index is 5.83. The van der Waals surface area contributed by atoms with Crippen LogP contribution in [0.1, 0.15) is 412 Å². The summed E-state index contributed by atoms with van der Waals surface area (Å²) >= 11 is 0. The fourth-order valence-corrected chi connectivity index (χ4v) is 24.1. The fraction of sp³-hybridized carbons (Fsp3) is 0.913. The summed E-state index contributed by atoms with van der Waals surface area (Å²) in [4.78, 5) is 83.6. The molecule has 0 spiro atoms. The summed E-state index contributed by atoms with van der Waals surface area (Å²) in [5.41, 5.74) is -0.144. The minimum absolute atomic E-state index is 0.00463. The van der Waals surface area contributed by atoms with Gasteiger partial charge in [0.2, 0.25) is 41.6 Å². The lowest BCUT2D eigenvalue weighted by atomic mass is 9.77. The number of hydrogen-bond acceptors (Lipinski definition) is 22. The van der Waals surface area contributed by atoms with Crippen molar-refractivity contribution in [3.63, 3.8) is 0 Å². The van der Waals surface area contributed by atoms with Crippen LogP contribution in [0.15, 0.2) is 0 Å². The van der Waals surface area contributed by atoms with E-state index in [0.29, 0.717) is 11.9 Å². The van der Waals surface area contributed by atoms with E-state index in [9.17, 15) is 0 Å². The van der Waals surface area contributed by atoms with Crippen LogP contribution < -0.4 is 34.7 Å². The first-order valence-corrected chi connectivity index (χ1v) is 51.1. The van der Waals surface area contributed by atoms with Gasteiger partial charge >= 0.3 is 0 Å². The molecule has 6 saturated heterocycles. The van der Waals surface area contributed by atoms with Crippen LogP contribution in [0.25, 0.3) is 0 Å². The molecule has 0 atom stereocenters. The Balaban J connectivity index is 1.15. The summed E-state index contributed by atoms with van der Waals surface area (Å²) < 4.78 is 0. The number of hydrogen-bond donors (Lipinski definition) is 1. The van der Waals surface area contributed by atoms with Gasteiger partial charge in [-0.3, -0.25) is 29.4 Å². The smallest absolute Gasteiger partial charge is 0.232 e. The van der Waals surface area contributed by atoms with E-state index in [2.05, 4.69) is 314 Å². The van der Waals surface area contributed by atoms with Gasteiger partial charge in [-0.2, -0.15) is 44.9 Å². The molecule has 22 nitrogen and oxygen atoms in total. The van der Waals surface area contributed by atoms with Crippen molar-refractivity contribution in [2.75, 3.05) is 123 Å². The van der Waals surface area contributed by atoms with E-state index in [-0.39, 0.29) is 103 Å². The molecule has 0 unspecified atom stereocenters. The van der Waals surface area contributed by atoms with Gasteiger partial charge in [0.25, 0.3) is 0 Å². The van der Waals surface area contributed by atoms with Crippen molar-refractivity contribution in [1.82, 2.24) is 74.3 Å². The van der Waals surface area contributed by atoms with Crippen molar-refractivity contribution in [2.24, 2.45) is 5.92 Å². The number of unbranched alkanes of at least 4 members (excludes halogenated alkanes) is 8. The molecule has 0 amide bonds. The molecular weight excluding hydrogens is 1550 g/mol. The zero-order valence-corrected chi connectivity index (χ0v) is 88.0. The Hall–Kier alpha value is -4.61. The number of aromatic nitrogens is 9. The summed E-state index contributed by atoms with van der Waals surface area (Å²) in [5.74, 6) is 8.03. The molecule has 3 aromatic rings. The molecule has 716 valence electrons. The van der Waals surface area contributed by atoms with Crippen molar-refractivity contribution in [2.45, 2.75) is 516 Å². The first-order valence-electron chi connectivity index (χ1n) is 51.1. The highest BCUT2D eigenvalue weighted by Gasteiger charge is 2.53. The predicted octanol–water partition coefficient (Wildman–Crippen LogP) is 21.6. The van der Waals surface area contributed by atoms with Crippen molar-refractivity contribution >= 4 is 41.6 Å². The highest BCUT2D eigenvalue weighted by atomic mass is 15.4. The molecule has 22 heteroatoms. The number of piperidine rings is 6. The lowest BCUT2D eigenvalue weighted by Crippen LogP contribution is -2.63. The van der Waals surface area contributed by atoms with Crippen molar-refractivity contribution in [1.29, 1.82) is 0 Å². The summed E-state index contributed by atoms with van der Waals surface area (Å²) in [6.45, 7) is 78.9. The highest BCUT2D eigenvalue weighted by molar-refractivity contribution is 5.49. The van der Waals surface area contributed by atoms with Gasteiger partial charge < -0.3 is 34.7 Å². The molecule has 0 aliphatic carbocycles. The second kappa shape index (κ2) is 41.7. The molecule has 9 rings (SSSR count). The molecule has 125 heavy (non-hydrogen) atoms. The lowest BCUT2D eigenvalue weighted by molar-refractivity contribution is -0.0136. The Morgan fingerprint density at radius 2 is 0.416 bits per heavy atom. The maximum Gasteiger partial charge on any atom is 0.232 e. The van der Waals surface area contributed by atoms with E-state index in [1.165, 1.54) is 0 Å². The third-order valence-electron chi connectivity index (χ3n) is 33.4. The molecule has 6 aliphatic heterocycles. The first-order chi connectivity index (χ1) is 58.1. The molecule has 0 radical (unpaired) electrons. The van der Waals surface area contributed by atoms with E-state index in [1.807, 2.05) is 0 Å². The van der Waals surface area contributed by atoms with Gasteiger partial charge in [-0.25, -0.2) is 0 Å². The van der Waals surface area contributed by atoms with Gasteiger partial charge in [0.05, 0.1) is 0 Å². The van der Waals surface area contributed by atoms with Crippen LogP contribution >= 0.6 is 0 Å². The molecule has 3 aromatic heterocycles. The second-order valence-corrected chi connectivity index (χ2v) is 48.5. The minimum Gasteiger partial charge on any atom is -0.354 e. The van der Waals surface area contributed by atoms with Gasteiger partial charge in [-0.05, 0) is 356 Å². The Morgan fingerprint density at radius 3 is 0.584 bits per heavy atom. The minimum atomic E-state index is -0.0267. The third kappa shape index (κ3) is 25.4. The maximum atomic E-state index is 5.83. The van der Waals surface area contributed by atoms with Gasteiger partial charge in [-0.15, -0.1) is 0 Å². The molecular formula is C103H194N22. The van der Waals surface area contributed by atoms with Crippen LogP contribution in [0.2, 0.25) is 0 Å². The van der Waals surface area contributed by atoms with Gasteiger partial charge in [-0.1, -0.05) is 92.9 Å². The number of nitrogens with zero attached hydrogens (tertiary/aromatic N) is 21. The van der Waals surface area contributed by atoms with Crippen LogP contribution in [0.4, 0.5) is 41.6 Å². The third-order valence-corrected chi connectivity index (χ3v) is 33.4. The predicted molar refractivity (Wildman–Crippen MR) is 534 cm³/mol. The number of nitrogens with one attached hydrogen (secondary N) is 1. The Kier molecular flexibility index (Phi) is 34.7.